The van der Waals surface area contributed by atoms with Crippen molar-refractivity contribution >= 4 is 38.9 Å². The number of rotatable bonds is 10. The molecule has 0 aliphatic rings. The van der Waals surface area contributed by atoms with Crippen LogP contribution in [0.3, 0.4) is 0 Å². The Morgan fingerprint density at radius 2 is 1.50 bits per heavy atom. The Labute approximate surface area is 245 Å². The molecule has 2 amide bonds. The summed E-state index contributed by atoms with van der Waals surface area (Å²) in [7, 11) is -2.70. The molecule has 9 nitrogen and oxygen atoms in total. The first-order valence-electron chi connectivity index (χ1n) is 13.1. The summed E-state index contributed by atoms with van der Waals surface area (Å²) in [4.78, 5) is 25.7. The van der Waals surface area contributed by atoms with E-state index in [1.807, 2.05) is 19.9 Å². The highest BCUT2D eigenvalue weighted by atomic mass is 32.2. The van der Waals surface area contributed by atoms with Crippen LogP contribution in [0.5, 0.6) is 5.75 Å². The second-order valence-corrected chi connectivity index (χ2v) is 11.5. The molecule has 0 aromatic heterocycles. The van der Waals surface area contributed by atoms with Crippen LogP contribution in [0, 0.1) is 13.8 Å². The monoisotopic (exact) mass is 584 g/mol. The topological polar surface area (TPSA) is 117 Å². The van der Waals surface area contributed by atoms with E-state index in [4.69, 9.17) is 4.74 Å². The lowest BCUT2D eigenvalue weighted by Crippen LogP contribution is -2.40. The van der Waals surface area contributed by atoms with Gasteiger partial charge in [-0.3, -0.25) is 13.9 Å². The van der Waals surface area contributed by atoms with E-state index in [1.54, 1.807) is 85.8 Å². The minimum atomic E-state index is -4.14. The van der Waals surface area contributed by atoms with Crippen LogP contribution >= 0.6 is 0 Å². The molecular weight excluding hydrogens is 552 g/mol. The Balaban J connectivity index is 1.56. The minimum absolute atomic E-state index is 0.0403. The predicted molar refractivity (Wildman–Crippen MR) is 165 cm³/mol. The van der Waals surface area contributed by atoms with Gasteiger partial charge in [-0.25, -0.2) is 13.8 Å². The smallest absolute Gasteiger partial charge is 0.264 e. The predicted octanol–water partition coefficient (Wildman–Crippen LogP) is 5.30. The molecule has 4 aromatic carbocycles. The maximum Gasteiger partial charge on any atom is 0.264 e. The van der Waals surface area contributed by atoms with E-state index in [0.717, 1.165) is 15.4 Å². The number of carbonyl (C=O) groups excluding carboxylic acids is 2. The van der Waals surface area contributed by atoms with Crippen molar-refractivity contribution in [2.45, 2.75) is 25.7 Å². The number of hydrogen-bond donors (Lipinski definition) is 2. The average Bonchev–Trinajstić information content (AvgIpc) is 2.99. The maximum absolute atomic E-state index is 13.8. The molecule has 0 aliphatic heterocycles. The molecule has 0 heterocycles. The molecule has 0 atom stereocenters. The van der Waals surface area contributed by atoms with Gasteiger partial charge in [-0.2, -0.15) is 5.10 Å². The molecule has 0 spiro atoms. The van der Waals surface area contributed by atoms with Crippen LogP contribution < -0.4 is 19.8 Å². The van der Waals surface area contributed by atoms with E-state index in [1.165, 1.54) is 19.2 Å². The van der Waals surface area contributed by atoms with Crippen molar-refractivity contribution in [3.8, 4) is 5.75 Å². The number of ether oxygens (including phenoxy) is 1. The second-order valence-electron chi connectivity index (χ2n) is 9.63. The zero-order valence-electron chi connectivity index (χ0n) is 23.8. The molecule has 0 aliphatic carbocycles. The van der Waals surface area contributed by atoms with Gasteiger partial charge in [-0.1, -0.05) is 54.1 Å². The zero-order chi connectivity index (χ0) is 30.3. The normalized spacial score (nSPS) is 11.5. The third kappa shape index (κ3) is 7.21. The first kappa shape index (κ1) is 30.0. The van der Waals surface area contributed by atoms with Crippen LogP contribution in [-0.4, -0.2) is 39.6 Å². The van der Waals surface area contributed by atoms with Gasteiger partial charge in [0.2, 0.25) is 0 Å². The van der Waals surface area contributed by atoms with Gasteiger partial charge >= 0.3 is 0 Å². The summed E-state index contributed by atoms with van der Waals surface area (Å²) >= 11 is 0. The second kappa shape index (κ2) is 13.1. The third-order valence-electron chi connectivity index (χ3n) is 6.42. The van der Waals surface area contributed by atoms with E-state index in [2.05, 4.69) is 15.8 Å². The lowest BCUT2D eigenvalue weighted by Gasteiger charge is -2.25. The standard InChI is InChI=1S/C32H32N4O5S/c1-22-13-16-28(17-14-22)42(39,40)36(29-19-23(2)15-18-30(29)41-4)21-31(37)35-34-24(3)26-11-8-12-27(20-26)33-32(38)25-9-6-5-7-10-25/h5-20H,21H2,1-4H3,(H,33,38)(H,35,37)/b34-24-. The molecule has 0 unspecified atom stereocenters. The molecule has 0 saturated heterocycles. The summed E-state index contributed by atoms with van der Waals surface area (Å²) in [6.45, 7) is 4.84. The van der Waals surface area contributed by atoms with Crippen molar-refractivity contribution in [2.24, 2.45) is 5.10 Å². The van der Waals surface area contributed by atoms with Crippen molar-refractivity contribution in [3.63, 3.8) is 0 Å². The third-order valence-corrected chi connectivity index (χ3v) is 8.20. The molecule has 10 heteroatoms. The number of nitrogens with one attached hydrogen (secondary N) is 2. The molecule has 0 radical (unpaired) electrons. The number of hydrogen-bond acceptors (Lipinski definition) is 6. The SMILES string of the molecule is COc1ccc(C)cc1N(CC(=O)N/N=C(/C)c1cccc(NC(=O)c2ccccc2)c1)S(=O)(=O)c1ccc(C)cc1. The van der Waals surface area contributed by atoms with Gasteiger partial charge in [0, 0.05) is 11.3 Å². The highest BCUT2D eigenvalue weighted by Gasteiger charge is 2.29. The van der Waals surface area contributed by atoms with E-state index >= 15 is 0 Å². The molecule has 0 fully saturated rings. The number of methoxy groups -OCH3 is 1. The van der Waals surface area contributed by atoms with Gasteiger partial charge in [-0.05, 0) is 80.4 Å². The van der Waals surface area contributed by atoms with Gasteiger partial charge < -0.3 is 10.1 Å². The molecule has 42 heavy (non-hydrogen) atoms. The van der Waals surface area contributed by atoms with Gasteiger partial charge in [-0.15, -0.1) is 0 Å². The molecule has 0 saturated carbocycles. The van der Waals surface area contributed by atoms with Crippen LogP contribution in [0.1, 0.15) is 34.0 Å². The fourth-order valence-corrected chi connectivity index (χ4v) is 5.55. The quantitative estimate of drug-likeness (QED) is 0.194. The summed E-state index contributed by atoms with van der Waals surface area (Å²) in [6, 6.07) is 27.4. The van der Waals surface area contributed by atoms with Crippen LogP contribution in [0.4, 0.5) is 11.4 Å². The minimum Gasteiger partial charge on any atom is -0.495 e. The van der Waals surface area contributed by atoms with E-state index < -0.39 is 22.5 Å². The molecule has 0 bridgehead atoms. The number of anilines is 2. The number of amides is 2. The van der Waals surface area contributed by atoms with Crippen LogP contribution in [-0.2, 0) is 14.8 Å². The van der Waals surface area contributed by atoms with Crippen molar-refractivity contribution < 1.29 is 22.7 Å². The fraction of sp³-hybridized carbons (Fsp3) is 0.156. The highest BCUT2D eigenvalue weighted by Crippen LogP contribution is 2.33. The molecule has 4 rings (SSSR count). The number of benzene rings is 4. The first-order valence-corrected chi connectivity index (χ1v) is 14.6. The fourth-order valence-electron chi connectivity index (χ4n) is 4.12. The number of aryl methyl sites for hydroxylation is 2. The Kier molecular flexibility index (Phi) is 9.39. The van der Waals surface area contributed by atoms with Gasteiger partial charge in [0.25, 0.3) is 21.8 Å². The summed E-state index contributed by atoms with van der Waals surface area (Å²) < 4.78 is 34.0. The Hall–Kier alpha value is -4.96. The van der Waals surface area contributed by atoms with Crippen LogP contribution in [0.2, 0.25) is 0 Å². The van der Waals surface area contributed by atoms with Crippen molar-refractivity contribution in [1.29, 1.82) is 0 Å². The van der Waals surface area contributed by atoms with Crippen molar-refractivity contribution in [1.82, 2.24) is 5.43 Å². The Morgan fingerprint density at radius 3 is 2.19 bits per heavy atom. The summed E-state index contributed by atoms with van der Waals surface area (Å²) in [5.74, 6) is -0.600. The average molecular weight is 585 g/mol. The zero-order valence-corrected chi connectivity index (χ0v) is 24.6. The highest BCUT2D eigenvalue weighted by molar-refractivity contribution is 7.92. The Morgan fingerprint density at radius 1 is 0.833 bits per heavy atom. The van der Waals surface area contributed by atoms with Crippen LogP contribution in [0.25, 0.3) is 0 Å². The molecular formula is C32H32N4O5S. The lowest BCUT2D eigenvalue weighted by molar-refractivity contribution is -0.119. The largest absolute Gasteiger partial charge is 0.495 e. The summed E-state index contributed by atoms with van der Waals surface area (Å²) in [5, 5.41) is 7.04. The van der Waals surface area contributed by atoms with E-state index in [-0.39, 0.29) is 16.5 Å². The van der Waals surface area contributed by atoms with E-state index in [0.29, 0.717) is 28.3 Å². The lowest BCUT2D eigenvalue weighted by atomic mass is 10.1. The van der Waals surface area contributed by atoms with Crippen molar-refractivity contribution in [2.75, 3.05) is 23.3 Å². The molecule has 2 N–H and O–H groups in total. The van der Waals surface area contributed by atoms with E-state index in [9.17, 15) is 18.0 Å². The van der Waals surface area contributed by atoms with Gasteiger partial charge in [0.05, 0.1) is 23.4 Å². The maximum atomic E-state index is 13.8. The molecule has 216 valence electrons. The number of sulfonamides is 1. The van der Waals surface area contributed by atoms with Gasteiger partial charge in [0.15, 0.2) is 0 Å². The van der Waals surface area contributed by atoms with Crippen molar-refractivity contribution in [3.05, 3.63) is 119 Å². The number of carbonyl (C=O) groups is 2. The van der Waals surface area contributed by atoms with Crippen LogP contribution in [0.15, 0.2) is 107 Å². The Bertz CT molecular complexity index is 1720. The molecule has 4 aromatic rings. The number of hydrazone groups is 1. The number of nitrogens with zero attached hydrogens (tertiary/aromatic N) is 2. The summed E-state index contributed by atoms with van der Waals surface area (Å²) in [5.41, 5.74) is 6.60. The first-order chi connectivity index (χ1) is 20.1. The summed E-state index contributed by atoms with van der Waals surface area (Å²) in [6.07, 6.45) is 0. The van der Waals surface area contributed by atoms with Gasteiger partial charge in [0.1, 0.15) is 12.3 Å².